The summed E-state index contributed by atoms with van der Waals surface area (Å²) in [5.74, 6) is -5.49. The van der Waals surface area contributed by atoms with Crippen LogP contribution in [0.4, 0.5) is 26.3 Å². The minimum absolute atomic E-state index is 0.0122. The van der Waals surface area contributed by atoms with Crippen LogP contribution in [-0.2, 0) is 32.1 Å². The molecular weight excluding hydrogens is 628 g/mol. The SMILES string of the molecule is O=C(Cc1ccccc1)N[C@@H](CCCSCC(=O)C(F)(F)F)C(=O)NC1CCN(Cc2ccccc2)CC1.O=C(O)C(F)(F)F. The Kier molecular flexibility index (Phi) is 15.4. The Balaban J connectivity index is 0.000000900. The quantitative estimate of drug-likeness (QED) is 0.209. The molecule has 15 heteroatoms. The fourth-order valence-electron chi connectivity index (χ4n) is 4.31. The van der Waals surface area contributed by atoms with Crippen LogP contribution in [0.2, 0.25) is 0 Å². The number of Topliss-reactive ketones (excluding diaryl/α,β-unsaturated/α-hetero) is 1. The number of hydrogen-bond acceptors (Lipinski definition) is 6. The summed E-state index contributed by atoms with van der Waals surface area (Å²) in [4.78, 5) is 48.1. The maximum absolute atomic E-state index is 13.1. The van der Waals surface area contributed by atoms with Gasteiger partial charge in [-0.05, 0) is 42.6 Å². The first kappa shape index (κ1) is 37.6. The van der Waals surface area contributed by atoms with E-state index < -0.39 is 35.9 Å². The lowest BCUT2D eigenvalue weighted by atomic mass is 10.0. The molecule has 3 rings (SSSR count). The van der Waals surface area contributed by atoms with Crippen molar-refractivity contribution in [3.05, 3.63) is 71.8 Å². The van der Waals surface area contributed by atoms with E-state index in [0.717, 1.165) is 49.8 Å². The van der Waals surface area contributed by atoms with Crippen molar-refractivity contribution in [2.75, 3.05) is 24.6 Å². The number of carboxylic acid groups (broad SMARTS) is 1. The average Bonchev–Trinajstić information content (AvgIpc) is 2.97. The minimum Gasteiger partial charge on any atom is -0.475 e. The maximum atomic E-state index is 13.1. The number of piperidine rings is 1. The molecule has 2 aromatic rings. The summed E-state index contributed by atoms with van der Waals surface area (Å²) in [5.41, 5.74) is 2.06. The molecule has 1 aliphatic rings. The molecule has 0 radical (unpaired) electrons. The standard InChI is InChI=1S/C28H34F3N3O3S.C2HF3O2/c29-28(30,31)25(35)20-38-17-7-12-24(33-26(36)18-21-8-3-1-4-9-21)27(37)32-23-13-15-34(16-14-23)19-22-10-5-2-6-11-22;3-2(4,5)1(6)7/h1-6,8-11,23-24H,7,12-20H2,(H,32,37)(H,33,36);(H,6,7)/t24-;/m0./s1. The molecule has 1 atom stereocenters. The first-order chi connectivity index (χ1) is 21.1. The molecule has 0 saturated carbocycles. The van der Waals surface area contributed by atoms with Crippen LogP contribution in [0.25, 0.3) is 0 Å². The van der Waals surface area contributed by atoms with Crippen LogP contribution in [-0.4, -0.2) is 82.6 Å². The molecule has 45 heavy (non-hydrogen) atoms. The lowest BCUT2D eigenvalue weighted by Gasteiger charge is -2.33. The largest absolute Gasteiger partial charge is 0.490 e. The second-order valence-electron chi connectivity index (χ2n) is 10.2. The van der Waals surface area contributed by atoms with Crippen LogP contribution in [0.15, 0.2) is 60.7 Å². The van der Waals surface area contributed by atoms with E-state index in [4.69, 9.17) is 9.90 Å². The molecule has 1 heterocycles. The number of thioether (sulfide) groups is 1. The molecule has 0 unspecified atom stereocenters. The predicted molar refractivity (Wildman–Crippen MR) is 156 cm³/mol. The monoisotopic (exact) mass is 663 g/mol. The molecule has 0 bridgehead atoms. The van der Waals surface area contributed by atoms with Crippen LogP contribution < -0.4 is 10.6 Å². The van der Waals surface area contributed by atoms with Crippen LogP contribution in [0.1, 0.15) is 36.8 Å². The highest BCUT2D eigenvalue weighted by Gasteiger charge is 2.38. The van der Waals surface area contributed by atoms with E-state index in [2.05, 4.69) is 27.7 Å². The van der Waals surface area contributed by atoms with Crippen molar-refractivity contribution in [2.45, 2.75) is 63.1 Å². The first-order valence-corrected chi connectivity index (χ1v) is 15.2. The summed E-state index contributed by atoms with van der Waals surface area (Å²) >= 11 is 0.880. The number of carbonyl (C=O) groups is 4. The van der Waals surface area contributed by atoms with Crippen molar-refractivity contribution in [3.8, 4) is 0 Å². The molecular formula is C30H35F6N3O5S. The Hall–Kier alpha value is -3.59. The summed E-state index contributed by atoms with van der Waals surface area (Å²) in [7, 11) is 0. The second kappa shape index (κ2) is 18.4. The lowest BCUT2D eigenvalue weighted by Crippen LogP contribution is -2.52. The Morgan fingerprint density at radius 3 is 1.91 bits per heavy atom. The average molecular weight is 664 g/mol. The number of benzene rings is 2. The molecule has 0 aliphatic carbocycles. The van der Waals surface area contributed by atoms with E-state index in [1.807, 2.05) is 48.5 Å². The van der Waals surface area contributed by atoms with Gasteiger partial charge in [0.05, 0.1) is 12.2 Å². The van der Waals surface area contributed by atoms with Crippen LogP contribution in [0, 0.1) is 0 Å². The van der Waals surface area contributed by atoms with Crippen molar-refractivity contribution >= 4 is 35.3 Å². The zero-order valence-electron chi connectivity index (χ0n) is 24.2. The fourth-order valence-corrected chi connectivity index (χ4v) is 5.17. The number of halogens is 6. The molecule has 3 N–H and O–H groups in total. The molecule has 1 saturated heterocycles. The molecule has 2 aromatic carbocycles. The van der Waals surface area contributed by atoms with Gasteiger partial charge in [-0.2, -0.15) is 38.1 Å². The number of nitrogens with zero attached hydrogens (tertiary/aromatic N) is 1. The zero-order chi connectivity index (χ0) is 33.5. The van der Waals surface area contributed by atoms with Gasteiger partial charge in [0.25, 0.3) is 0 Å². The van der Waals surface area contributed by atoms with Crippen molar-refractivity contribution in [2.24, 2.45) is 0 Å². The smallest absolute Gasteiger partial charge is 0.475 e. The van der Waals surface area contributed by atoms with E-state index in [-0.39, 0.29) is 36.5 Å². The molecule has 248 valence electrons. The number of hydrogen-bond donors (Lipinski definition) is 3. The number of alkyl halides is 6. The van der Waals surface area contributed by atoms with E-state index in [1.54, 1.807) is 0 Å². The van der Waals surface area contributed by atoms with Gasteiger partial charge in [0.2, 0.25) is 17.6 Å². The number of nitrogens with one attached hydrogen (secondary N) is 2. The number of ketones is 1. The Bertz CT molecular complexity index is 1220. The van der Waals surface area contributed by atoms with Gasteiger partial charge in [0.1, 0.15) is 6.04 Å². The molecule has 1 aliphatic heterocycles. The number of carbonyl (C=O) groups excluding carboxylic acids is 3. The number of rotatable bonds is 13. The van der Waals surface area contributed by atoms with E-state index in [9.17, 15) is 40.7 Å². The van der Waals surface area contributed by atoms with E-state index >= 15 is 0 Å². The number of aliphatic carboxylic acids is 1. The van der Waals surface area contributed by atoms with Gasteiger partial charge >= 0.3 is 18.3 Å². The van der Waals surface area contributed by atoms with Crippen LogP contribution >= 0.6 is 11.8 Å². The van der Waals surface area contributed by atoms with Crippen molar-refractivity contribution < 1.29 is 50.6 Å². The van der Waals surface area contributed by atoms with Crippen molar-refractivity contribution in [1.82, 2.24) is 15.5 Å². The number of carboxylic acids is 1. The summed E-state index contributed by atoms with van der Waals surface area (Å²) in [6, 6.07) is 18.6. The van der Waals surface area contributed by atoms with Gasteiger partial charge in [0.15, 0.2) is 0 Å². The summed E-state index contributed by atoms with van der Waals surface area (Å²) in [6.07, 6.45) is -7.56. The highest BCUT2D eigenvalue weighted by molar-refractivity contribution is 7.99. The van der Waals surface area contributed by atoms with Gasteiger partial charge in [0, 0.05) is 25.7 Å². The Morgan fingerprint density at radius 2 is 1.40 bits per heavy atom. The van der Waals surface area contributed by atoms with Gasteiger partial charge < -0.3 is 15.7 Å². The van der Waals surface area contributed by atoms with Gasteiger partial charge in [-0.3, -0.25) is 19.3 Å². The number of amides is 2. The third-order valence-electron chi connectivity index (χ3n) is 6.62. The predicted octanol–water partition coefficient (Wildman–Crippen LogP) is 4.77. The zero-order valence-corrected chi connectivity index (χ0v) is 25.0. The molecule has 0 aromatic heterocycles. The fraction of sp³-hybridized carbons (Fsp3) is 0.467. The van der Waals surface area contributed by atoms with Gasteiger partial charge in [-0.25, -0.2) is 4.79 Å². The van der Waals surface area contributed by atoms with Crippen molar-refractivity contribution in [1.29, 1.82) is 0 Å². The molecule has 2 amide bonds. The van der Waals surface area contributed by atoms with Crippen molar-refractivity contribution in [3.63, 3.8) is 0 Å². The summed E-state index contributed by atoms with van der Waals surface area (Å²) in [5, 5.41) is 13.0. The van der Waals surface area contributed by atoms with Crippen LogP contribution in [0.3, 0.4) is 0 Å². The summed E-state index contributed by atoms with van der Waals surface area (Å²) in [6.45, 7) is 2.54. The molecule has 8 nitrogen and oxygen atoms in total. The topological polar surface area (TPSA) is 116 Å². The van der Waals surface area contributed by atoms with Crippen LogP contribution in [0.5, 0.6) is 0 Å². The molecule has 0 spiro atoms. The second-order valence-corrected chi connectivity index (χ2v) is 11.4. The third kappa shape index (κ3) is 15.3. The number of likely N-dealkylation sites (tertiary alicyclic amines) is 1. The highest BCUT2D eigenvalue weighted by atomic mass is 32.2. The lowest BCUT2D eigenvalue weighted by molar-refractivity contribution is -0.192. The van der Waals surface area contributed by atoms with Gasteiger partial charge in [-0.1, -0.05) is 60.7 Å². The third-order valence-corrected chi connectivity index (χ3v) is 7.66. The normalized spacial score (nSPS) is 14.9. The Labute approximate surface area is 260 Å². The molecule has 1 fully saturated rings. The minimum atomic E-state index is -5.08. The van der Waals surface area contributed by atoms with E-state index in [0.29, 0.717) is 6.42 Å². The highest BCUT2D eigenvalue weighted by Crippen LogP contribution is 2.20. The maximum Gasteiger partial charge on any atom is 0.490 e. The first-order valence-electron chi connectivity index (χ1n) is 14.0. The van der Waals surface area contributed by atoms with E-state index in [1.165, 1.54) is 5.56 Å². The summed E-state index contributed by atoms with van der Waals surface area (Å²) < 4.78 is 68.9. The Morgan fingerprint density at radius 1 is 0.867 bits per heavy atom. The van der Waals surface area contributed by atoms with Gasteiger partial charge in [-0.15, -0.1) is 0 Å².